The molecule has 4 aromatic rings. The summed E-state index contributed by atoms with van der Waals surface area (Å²) >= 11 is 0. The van der Waals surface area contributed by atoms with Gasteiger partial charge in [-0.2, -0.15) is 0 Å². The molecule has 0 bridgehead atoms. The van der Waals surface area contributed by atoms with Gasteiger partial charge in [0.2, 0.25) is 0 Å². The van der Waals surface area contributed by atoms with Crippen LogP contribution < -0.4 is 14.8 Å². The number of likely N-dealkylation sites (N-methyl/N-ethyl adjacent to an activating group) is 1. The van der Waals surface area contributed by atoms with Gasteiger partial charge in [-0.05, 0) is 14.1 Å². The van der Waals surface area contributed by atoms with Gasteiger partial charge in [-0.1, -0.05) is 60.7 Å². The van der Waals surface area contributed by atoms with E-state index in [0.29, 0.717) is 22.5 Å². The summed E-state index contributed by atoms with van der Waals surface area (Å²) in [6, 6.07) is 22.1. The average molecular weight is 429 g/mol. The highest BCUT2D eigenvalue weighted by Crippen LogP contribution is 2.41. The summed E-state index contributed by atoms with van der Waals surface area (Å²) in [5, 5.41) is 3.45. The zero-order chi connectivity index (χ0) is 22.5. The number of ether oxygens (including phenoxy) is 2. The van der Waals surface area contributed by atoms with Gasteiger partial charge in [-0.3, -0.25) is 0 Å². The van der Waals surface area contributed by atoms with Crippen LogP contribution in [0.4, 0.5) is 5.69 Å². The summed E-state index contributed by atoms with van der Waals surface area (Å²) in [5.41, 5.74) is 5.76. The molecule has 0 atom stereocenters. The Morgan fingerprint density at radius 1 is 0.781 bits per heavy atom. The van der Waals surface area contributed by atoms with Crippen molar-refractivity contribution in [3.05, 3.63) is 66.7 Å². The summed E-state index contributed by atoms with van der Waals surface area (Å²) in [5.74, 6) is 1.31. The van der Waals surface area contributed by atoms with E-state index in [2.05, 4.69) is 10.2 Å². The first kappa shape index (κ1) is 21.6. The van der Waals surface area contributed by atoms with Crippen molar-refractivity contribution in [1.82, 2.24) is 14.9 Å². The van der Waals surface area contributed by atoms with E-state index in [1.807, 2.05) is 80.8 Å². The number of hydrogen-bond donors (Lipinski definition) is 1. The van der Waals surface area contributed by atoms with E-state index in [4.69, 9.17) is 19.4 Å². The number of nitrogens with zero attached hydrogens (tertiary/aromatic N) is 3. The summed E-state index contributed by atoms with van der Waals surface area (Å²) in [4.78, 5) is 12.3. The smallest absolute Gasteiger partial charge is 0.170 e. The van der Waals surface area contributed by atoms with Gasteiger partial charge in [0.15, 0.2) is 5.75 Å². The third-order valence-electron chi connectivity index (χ3n) is 5.26. The van der Waals surface area contributed by atoms with Crippen molar-refractivity contribution in [3.8, 4) is 34.0 Å². The molecular weight excluding hydrogens is 400 g/mol. The molecule has 32 heavy (non-hydrogen) atoms. The normalized spacial score (nSPS) is 11.0. The number of aromatic nitrogens is 2. The molecule has 0 fully saturated rings. The lowest BCUT2D eigenvalue weighted by atomic mass is 10.0. The molecule has 0 unspecified atom stereocenters. The van der Waals surface area contributed by atoms with Crippen molar-refractivity contribution in [2.75, 3.05) is 46.7 Å². The molecule has 1 N–H and O–H groups in total. The highest BCUT2D eigenvalue weighted by molar-refractivity contribution is 5.96. The molecule has 0 saturated carbocycles. The van der Waals surface area contributed by atoms with E-state index in [1.54, 1.807) is 14.2 Å². The SMILES string of the molecule is COc1cc(NCCN(C)C)c(OC)c2nc(-c3ccccc3)c(-c3ccccc3)nc12. The number of benzene rings is 3. The second-order valence-electron chi connectivity index (χ2n) is 7.74. The van der Waals surface area contributed by atoms with Crippen molar-refractivity contribution >= 4 is 16.7 Å². The zero-order valence-electron chi connectivity index (χ0n) is 18.9. The van der Waals surface area contributed by atoms with Crippen LogP contribution in [0.3, 0.4) is 0 Å². The lowest BCUT2D eigenvalue weighted by molar-refractivity contribution is 0.408. The van der Waals surface area contributed by atoms with Crippen molar-refractivity contribution in [3.63, 3.8) is 0 Å². The molecule has 0 aliphatic carbocycles. The fourth-order valence-corrected chi connectivity index (χ4v) is 3.66. The van der Waals surface area contributed by atoms with E-state index in [9.17, 15) is 0 Å². The molecule has 6 heteroatoms. The first-order chi connectivity index (χ1) is 15.6. The largest absolute Gasteiger partial charge is 0.494 e. The van der Waals surface area contributed by atoms with Gasteiger partial charge >= 0.3 is 0 Å². The summed E-state index contributed by atoms with van der Waals surface area (Å²) in [6.07, 6.45) is 0. The minimum atomic E-state index is 0.650. The highest BCUT2D eigenvalue weighted by Gasteiger charge is 2.21. The topological polar surface area (TPSA) is 59.5 Å². The molecule has 164 valence electrons. The van der Waals surface area contributed by atoms with Gasteiger partial charge in [-0.25, -0.2) is 9.97 Å². The van der Waals surface area contributed by atoms with Crippen molar-refractivity contribution in [2.24, 2.45) is 0 Å². The van der Waals surface area contributed by atoms with Gasteiger partial charge < -0.3 is 19.7 Å². The Labute approximate surface area is 188 Å². The molecule has 0 amide bonds. The molecule has 0 aliphatic rings. The Hall–Kier alpha value is -3.64. The first-order valence-corrected chi connectivity index (χ1v) is 10.6. The molecule has 0 radical (unpaired) electrons. The predicted molar refractivity (Wildman–Crippen MR) is 131 cm³/mol. The minimum Gasteiger partial charge on any atom is -0.494 e. The monoisotopic (exact) mass is 428 g/mol. The van der Waals surface area contributed by atoms with Gasteiger partial charge in [0.1, 0.15) is 16.8 Å². The quantitative estimate of drug-likeness (QED) is 0.428. The standard InChI is InChI=1S/C26H28N4O2/c1-30(2)16-15-27-20-17-21(31-3)24-25(26(20)32-4)29-23(19-13-9-6-10-14-19)22(28-24)18-11-7-5-8-12-18/h5-14,17,27H,15-16H2,1-4H3. The number of hydrogen-bond acceptors (Lipinski definition) is 6. The van der Waals surface area contributed by atoms with E-state index >= 15 is 0 Å². The van der Waals surface area contributed by atoms with Crippen LogP contribution in [0, 0.1) is 0 Å². The Kier molecular flexibility index (Phi) is 6.52. The van der Waals surface area contributed by atoms with E-state index in [0.717, 1.165) is 41.3 Å². The van der Waals surface area contributed by atoms with E-state index in [-0.39, 0.29) is 0 Å². The van der Waals surface area contributed by atoms with Gasteiger partial charge in [0.05, 0.1) is 31.3 Å². The maximum Gasteiger partial charge on any atom is 0.170 e. The van der Waals surface area contributed by atoms with Gasteiger partial charge in [0, 0.05) is 30.3 Å². The maximum absolute atomic E-state index is 5.82. The third-order valence-corrected chi connectivity index (χ3v) is 5.26. The molecule has 0 aliphatic heterocycles. The van der Waals surface area contributed by atoms with Crippen LogP contribution in [0.2, 0.25) is 0 Å². The van der Waals surface area contributed by atoms with Crippen LogP contribution in [0.1, 0.15) is 0 Å². The van der Waals surface area contributed by atoms with Crippen molar-refractivity contribution in [2.45, 2.75) is 0 Å². The van der Waals surface area contributed by atoms with E-state index < -0.39 is 0 Å². The summed E-state index contributed by atoms with van der Waals surface area (Å²) in [6.45, 7) is 1.65. The zero-order valence-corrected chi connectivity index (χ0v) is 18.9. The molecule has 4 rings (SSSR count). The fourth-order valence-electron chi connectivity index (χ4n) is 3.66. The van der Waals surface area contributed by atoms with Gasteiger partial charge in [-0.15, -0.1) is 0 Å². The van der Waals surface area contributed by atoms with Crippen LogP contribution in [-0.2, 0) is 0 Å². The maximum atomic E-state index is 5.82. The van der Waals surface area contributed by atoms with Gasteiger partial charge in [0.25, 0.3) is 0 Å². The average Bonchev–Trinajstić information content (AvgIpc) is 2.83. The minimum absolute atomic E-state index is 0.650. The van der Waals surface area contributed by atoms with Crippen molar-refractivity contribution in [1.29, 1.82) is 0 Å². The van der Waals surface area contributed by atoms with Crippen LogP contribution in [0.5, 0.6) is 11.5 Å². The molecule has 0 saturated heterocycles. The lowest BCUT2D eigenvalue weighted by Crippen LogP contribution is -2.21. The van der Waals surface area contributed by atoms with Crippen LogP contribution in [0.25, 0.3) is 33.5 Å². The Balaban J connectivity index is 1.97. The summed E-state index contributed by atoms with van der Waals surface area (Å²) < 4.78 is 11.5. The number of anilines is 1. The third kappa shape index (κ3) is 4.36. The highest BCUT2D eigenvalue weighted by atomic mass is 16.5. The summed E-state index contributed by atoms with van der Waals surface area (Å²) in [7, 11) is 7.40. The number of fused-ring (bicyclic) bond motifs is 1. The van der Waals surface area contributed by atoms with Crippen molar-refractivity contribution < 1.29 is 9.47 Å². The number of nitrogens with one attached hydrogen (secondary N) is 1. The Morgan fingerprint density at radius 3 is 1.84 bits per heavy atom. The molecule has 1 heterocycles. The lowest BCUT2D eigenvalue weighted by Gasteiger charge is -2.18. The van der Waals surface area contributed by atoms with Crippen LogP contribution >= 0.6 is 0 Å². The first-order valence-electron chi connectivity index (χ1n) is 10.6. The Morgan fingerprint density at radius 2 is 1.34 bits per heavy atom. The molecule has 3 aromatic carbocycles. The molecule has 1 aromatic heterocycles. The fraction of sp³-hybridized carbons (Fsp3) is 0.231. The molecule has 6 nitrogen and oxygen atoms in total. The predicted octanol–water partition coefficient (Wildman–Crippen LogP) is 4.95. The number of methoxy groups -OCH3 is 2. The van der Waals surface area contributed by atoms with Crippen LogP contribution in [0.15, 0.2) is 66.7 Å². The Bertz CT molecular complexity index is 1200. The van der Waals surface area contributed by atoms with Crippen LogP contribution in [-0.4, -0.2) is 56.3 Å². The molecule has 0 spiro atoms. The second kappa shape index (κ2) is 9.66. The second-order valence-corrected chi connectivity index (χ2v) is 7.74. The number of rotatable bonds is 8. The molecular formula is C26H28N4O2. The van der Waals surface area contributed by atoms with E-state index in [1.165, 1.54) is 0 Å².